The van der Waals surface area contributed by atoms with E-state index in [4.69, 9.17) is 10.1 Å². The molecular formula is C32H35N3O3S. The summed E-state index contributed by atoms with van der Waals surface area (Å²) in [4.78, 5) is 20.2. The molecule has 0 saturated heterocycles. The van der Waals surface area contributed by atoms with Gasteiger partial charge in [0.15, 0.2) is 5.13 Å². The van der Waals surface area contributed by atoms with E-state index in [1.807, 2.05) is 19.2 Å². The number of carboxylic acid groups (broad SMARTS) is 1. The van der Waals surface area contributed by atoms with Gasteiger partial charge in [-0.3, -0.25) is 0 Å². The standard InChI is InChI=1S/C32H35N3O3S/c1-34(19-22-6-10-24(11-7-22)27-4-3-5-29(36)18-27)28-16-14-25(15-17-28)30-21-39-32(33-30)35(2)20-23-8-12-26(13-9-23)31(37)38/h6-17,21,27,29,36H,3-5,18-20H2,1-2H3,(H,37,38)/t27-,29-/m0/s1. The summed E-state index contributed by atoms with van der Waals surface area (Å²) in [5.41, 5.74) is 7.11. The van der Waals surface area contributed by atoms with E-state index in [0.29, 0.717) is 18.0 Å². The Morgan fingerprint density at radius 3 is 2.18 bits per heavy atom. The lowest BCUT2D eigenvalue weighted by molar-refractivity contribution is 0.0697. The highest BCUT2D eigenvalue weighted by Gasteiger charge is 2.21. The summed E-state index contributed by atoms with van der Waals surface area (Å²) in [5, 5.41) is 22.1. The third kappa shape index (κ3) is 6.67. The van der Waals surface area contributed by atoms with Crippen molar-refractivity contribution in [2.75, 3.05) is 23.9 Å². The van der Waals surface area contributed by atoms with Gasteiger partial charge in [-0.05, 0) is 66.1 Å². The van der Waals surface area contributed by atoms with E-state index in [2.05, 4.69) is 70.8 Å². The van der Waals surface area contributed by atoms with Crippen LogP contribution in [-0.2, 0) is 13.1 Å². The van der Waals surface area contributed by atoms with Crippen molar-refractivity contribution < 1.29 is 15.0 Å². The largest absolute Gasteiger partial charge is 0.478 e. The van der Waals surface area contributed by atoms with Gasteiger partial charge in [-0.15, -0.1) is 11.3 Å². The first-order valence-corrected chi connectivity index (χ1v) is 14.3. The van der Waals surface area contributed by atoms with Crippen molar-refractivity contribution in [1.29, 1.82) is 0 Å². The van der Waals surface area contributed by atoms with Crippen LogP contribution >= 0.6 is 11.3 Å². The van der Waals surface area contributed by atoms with Gasteiger partial charge in [0.1, 0.15) is 0 Å². The Morgan fingerprint density at radius 1 is 0.897 bits per heavy atom. The number of hydrogen-bond acceptors (Lipinski definition) is 6. The molecule has 1 fully saturated rings. The second-order valence-corrected chi connectivity index (χ2v) is 11.4. The molecule has 1 aliphatic carbocycles. The first-order valence-electron chi connectivity index (χ1n) is 13.4. The maximum Gasteiger partial charge on any atom is 0.335 e. The van der Waals surface area contributed by atoms with Crippen LogP contribution in [0.2, 0.25) is 0 Å². The van der Waals surface area contributed by atoms with Crippen LogP contribution in [-0.4, -0.2) is 41.4 Å². The van der Waals surface area contributed by atoms with Gasteiger partial charge >= 0.3 is 5.97 Å². The lowest BCUT2D eigenvalue weighted by atomic mass is 9.82. The highest BCUT2D eigenvalue weighted by atomic mass is 32.1. The molecule has 0 unspecified atom stereocenters. The predicted molar refractivity (Wildman–Crippen MR) is 159 cm³/mol. The number of hydrogen-bond donors (Lipinski definition) is 2. The average Bonchev–Trinajstić information content (AvgIpc) is 3.45. The second kappa shape index (κ2) is 12.0. The quantitative estimate of drug-likeness (QED) is 0.243. The molecule has 6 nitrogen and oxygen atoms in total. The number of carbonyl (C=O) groups is 1. The van der Waals surface area contributed by atoms with Gasteiger partial charge in [-0.2, -0.15) is 0 Å². The maximum atomic E-state index is 11.1. The zero-order valence-corrected chi connectivity index (χ0v) is 23.3. The minimum atomic E-state index is -0.914. The summed E-state index contributed by atoms with van der Waals surface area (Å²) < 4.78 is 0. The van der Waals surface area contributed by atoms with Crippen LogP contribution in [0.15, 0.2) is 78.2 Å². The summed E-state index contributed by atoms with van der Waals surface area (Å²) in [5.74, 6) is -0.438. The van der Waals surface area contributed by atoms with Gasteiger partial charge < -0.3 is 20.0 Å². The van der Waals surface area contributed by atoms with Gasteiger partial charge in [-0.25, -0.2) is 9.78 Å². The lowest BCUT2D eigenvalue weighted by Crippen LogP contribution is -2.18. The molecule has 5 rings (SSSR count). The molecule has 1 aliphatic rings. The minimum absolute atomic E-state index is 0.153. The number of benzene rings is 3. The molecule has 1 saturated carbocycles. The van der Waals surface area contributed by atoms with Crippen LogP contribution in [0.4, 0.5) is 10.8 Å². The van der Waals surface area contributed by atoms with Crippen molar-refractivity contribution in [3.05, 3.63) is 100 Å². The minimum Gasteiger partial charge on any atom is -0.478 e. The number of aromatic nitrogens is 1. The third-order valence-electron chi connectivity index (χ3n) is 7.56. The maximum absolute atomic E-state index is 11.1. The fraction of sp³-hybridized carbons (Fsp3) is 0.312. The van der Waals surface area contributed by atoms with Crippen LogP contribution in [0, 0.1) is 0 Å². The molecule has 1 aromatic heterocycles. The van der Waals surface area contributed by atoms with Crippen LogP contribution in [0.25, 0.3) is 11.3 Å². The Labute approximate surface area is 234 Å². The van der Waals surface area contributed by atoms with E-state index in [1.165, 1.54) is 17.5 Å². The van der Waals surface area contributed by atoms with Crippen molar-refractivity contribution in [1.82, 2.24) is 4.98 Å². The number of rotatable bonds is 9. The van der Waals surface area contributed by atoms with Crippen molar-refractivity contribution >= 4 is 28.1 Å². The Bertz CT molecular complexity index is 1380. The Kier molecular flexibility index (Phi) is 8.29. The van der Waals surface area contributed by atoms with Gasteiger partial charge in [0, 0.05) is 43.8 Å². The molecular weight excluding hydrogens is 506 g/mol. The van der Waals surface area contributed by atoms with Gasteiger partial charge in [-0.1, -0.05) is 55.0 Å². The topological polar surface area (TPSA) is 76.9 Å². The first kappa shape index (κ1) is 26.9. The molecule has 0 amide bonds. The molecule has 4 aromatic rings. The molecule has 2 N–H and O–H groups in total. The molecule has 0 spiro atoms. The smallest absolute Gasteiger partial charge is 0.335 e. The van der Waals surface area contributed by atoms with Crippen molar-refractivity contribution in [2.45, 2.75) is 50.8 Å². The van der Waals surface area contributed by atoms with E-state index in [9.17, 15) is 9.90 Å². The molecule has 3 aromatic carbocycles. The van der Waals surface area contributed by atoms with Crippen molar-refractivity contribution in [3.63, 3.8) is 0 Å². The summed E-state index contributed by atoms with van der Waals surface area (Å²) in [7, 11) is 4.11. The van der Waals surface area contributed by atoms with Crippen LogP contribution < -0.4 is 9.80 Å². The van der Waals surface area contributed by atoms with Crippen molar-refractivity contribution in [2.24, 2.45) is 0 Å². The predicted octanol–water partition coefficient (Wildman–Crippen LogP) is 6.80. The molecule has 202 valence electrons. The summed E-state index contributed by atoms with van der Waals surface area (Å²) >= 11 is 1.60. The lowest BCUT2D eigenvalue weighted by Gasteiger charge is -2.26. The SMILES string of the molecule is CN(Cc1ccc([C@H]2CCC[C@H](O)C2)cc1)c1ccc(-c2csc(N(C)Cc3ccc(C(=O)O)cc3)n2)cc1. The average molecular weight is 542 g/mol. The highest BCUT2D eigenvalue weighted by Crippen LogP contribution is 2.33. The second-order valence-electron chi connectivity index (χ2n) is 10.5. The number of carboxylic acids is 1. The Morgan fingerprint density at radius 2 is 1.54 bits per heavy atom. The Balaban J connectivity index is 1.18. The zero-order valence-electron chi connectivity index (χ0n) is 22.5. The summed E-state index contributed by atoms with van der Waals surface area (Å²) in [6, 6.07) is 24.4. The van der Waals surface area contributed by atoms with E-state index in [0.717, 1.165) is 53.4 Å². The molecule has 2 atom stereocenters. The summed E-state index contributed by atoms with van der Waals surface area (Å²) in [6.07, 6.45) is 3.94. The molecule has 0 bridgehead atoms. The number of aromatic carboxylic acids is 1. The fourth-order valence-corrected chi connectivity index (χ4v) is 6.08. The fourth-order valence-electron chi connectivity index (χ4n) is 5.28. The number of nitrogens with zero attached hydrogens (tertiary/aromatic N) is 3. The molecule has 1 heterocycles. The number of aliphatic hydroxyl groups excluding tert-OH is 1. The van der Waals surface area contributed by atoms with Gasteiger partial charge in [0.25, 0.3) is 0 Å². The van der Waals surface area contributed by atoms with Crippen LogP contribution in [0.3, 0.4) is 0 Å². The van der Waals surface area contributed by atoms with E-state index in [1.54, 1.807) is 23.5 Å². The number of anilines is 2. The molecule has 0 aliphatic heterocycles. The molecule has 0 radical (unpaired) electrons. The van der Waals surface area contributed by atoms with Crippen LogP contribution in [0.5, 0.6) is 0 Å². The normalized spacial score (nSPS) is 17.1. The molecule has 39 heavy (non-hydrogen) atoms. The highest BCUT2D eigenvalue weighted by molar-refractivity contribution is 7.14. The number of aliphatic hydroxyl groups is 1. The van der Waals surface area contributed by atoms with Gasteiger partial charge in [0.2, 0.25) is 0 Å². The van der Waals surface area contributed by atoms with E-state index < -0.39 is 5.97 Å². The van der Waals surface area contributed by atoms with Crippen LogP contribution in [0.1, 0.15) is 58.6 Å². The van der Waals surface area contributed by atoms with E-state index in [-0.39, 0.29) is 6.10 Å². The zero-order chi connectivity index (χ0) is 27.4. The molecule has 7 heteroatoms. The van der Waals surface area contributed by atoms with Crippen molar-refractivity contribution in [3.8, 4) is 11.3 Å². The van der Waals surface area contributed by atoms with Gasteiger partial charge in [0.05, 0.1) is 17.4 Å². The Hall–Kier alpha value is -3.68. The summed E-state index contributed by atoms with van der Waals surface area (Å²) in [6.45, 7) is 1.48. The first-order chi connectivity index (χ1) is 18.9. The third-order valence-corrected chi connectivity index (χ3v) is 8.52. The van der Waals surface area contributed by atoms with E-state index >= 15 is 0 Å². The monoisotopic (exact) mass is 541 g/mol. The number of thiazole rings is 1.